The molecule has 4 rings (SSSR count). The maximum atomic E-state index is 9.79. The SMILES string of the molecule is CCC1C(C)C(C=C(C=NC)c2ncnc3[nH]ccc23)C1(CC#N)C1CCCC1. The summed E-state index contributed by atoms with van der Waals surface area (Å²) in [5, 5.41) is 10.8. The van der Waals surface area contributed by atoms with E-state index in [1.54, 1.807) is 6.33 Å². The second-order valence-corrected chi connectivity index (χ2v) is 8.80. The van der Waals surface area contributed by atoms with Gasteiger partial charge in [-0.3, -0.25) is 4.99 Å². The van der Waals surface area contributed by atoms with Crippen LogP contribution in [0.5, 0.6) is 0 Å². The molecule has 0 aliphatic heterocycles. The highest BCUT2D eigenvalue weighted by Crippen LogP contribution is 2.66. The summed E-state index contributed by atoms with van der Waals surface area (Å²) in [7, 11) is 1.81. The summed E-state index contributed by atoms with van der Waals surface area (Å²) >= 11 is 0. The van der Waals surface area contributed by atoms with E-state index >= 15 is 0 Å². The molecule has 2 saturated carbocycles. The van der Waals surface area contributed by atoms with Crippen molar-refractivity contribution in [3.05, 3.63) is 30.4 Å². The minimum absolute atomic E-state index is 0.0938. The first kappa shape index (κ1) is 19.8. The predicted molar refractivity (Wildman–Crippen MR) is 117 cm³/mol. The number of nitrogens with zero attached hydrogens (tertiary/aromatic N) is 4. The third-order valence-corrected chi connectivity index (χ3v) is 7.71. The Balaban J connectivity index is 1.82. The molecule has 29 heavy (non-hydrogen) atoms. The molecular weight excluding hydrogens is 358 g/mol. The van der Waals surface area contributed by atoms with E-state index in [4.69, 9.17) is 0 Å². The number of hydrogen-bond donors (Lipinski definition) is 1. The number of aliphatic imine (C=N–C) groups is 1. The molecule has 1 N–H and O–H groups in total. The highest BCUT2D eigenvalue weighted by Gasteiger charge is 2.61. The van der Waals surface area contributed by atoms with E-state index in [1.807, 2.05) is 25.5 Å². The second kappa shape index (κ2) is 8.10. The Morgan fingerprint density at radius 3 is 2.86 bits per heavy atom. The van der Waals surface area contributed by atoms with Crippen LogP contribution in [0.3, 0.4) is 0 Å². The molecule has 2 aliphatic rings. The van der Waals surface area contributed by atoms with E-state index in [1.165, 1.54) is 25.7 Å². The molecule has 2 aromatic heterocycles. The number of nitriles is 1. The average molecular weight is 390 g/mol. The van der Waals surface area contributed by atoms with E-state index in [0.29, 0.717) is 30.1 Å². The van der Waals surface area contributed by atoms with Crippen LogP contribution >= 0.6 is 0 Å². The number of allylic oxidation sites excluding steroid dienone is 2. The Labute approximate surface area is 173 Å². The van der Waals surface area contributed by atoms with Gasteiger partial charge in [-0.2, -0.15) is 5.26 Å². The molecule has 0 spiro atoms. The fraction of sp³-hybridized carbons (Fsp3) is 0.583. The molecule has 2 aliphatic carbocycles. The molecule has 5 nitrogen and oxygen atoms in total. The molecule has 2 heterocycles. The monoisotopic (exact) mass is 389 g/mol. The van der Waals surface area contributed by atoms with E-state index in [0.717, 1.165) is 28.7 Å². The van der Waals surface area contributed by atoms with Gasteiger partial charge in [0.25, 0.3) is 0 Å². The summed E-state index contributed by atoms with van der Waals surface area (Å²) in [6.07, 6.45) is 14.8. The van der Waals surface area contributed by atoms with Crippen molar-refractivity contribution >= 4 is 22.8 Å². The van der Waals surface area contributed by atoms with Gasteiger partial charge in [0.05, 0.1) is 11.8 Å². The van der Waals surface area contributed by atoms with E-state index in [2.05, 4.69) is 45.9 Å². The van der Waals surface area contributed by atoms with Gasteiger partial charge >= 0.3 is 0 Å². The molecule has 5 heteroatoms. The van der Waals surface area contributed by atoms with Crippen LogP contribution in [-0.4, -0.2) is 28.2 Å². The van der Waals surface area contributed by atoms with Crippen LogP contribution in [0.4, 0.5) is 0 Å². The quantitative estimate of drug-likeness (QED) is 0.670. The number of H-pyrrole nitrogens is 1. The van der Waals surface area contributed by atoms with Crippen LogP contribution in [0.15, 0.2) is 29.7 Å². The van der Waals surface area contributed by atoms with Crippen molar-refractivity contribution in [3.63, 3.8) is 0 Å². The number of aromatic nitrogens is 3. The fourth-order valence-corrected chi connectivity index (χ4v) is 6.60. The van der Waals surface area contributed by atoms with Gasteiger partial charge in [-0.25, -0.2) is 9.97 Å². The smallest absolute Gasteiger partial charge is 0.141 e. The molecule has 152 valence electrons. The lowest BCUT2D eigenvalue weighted by molar-refractivity contribution is -0.130. The van der Waals surface area contributed by atoms with Crippen molar-refractivity contribution in [3.8, 4) is 6.07 Å². The summed E-state index contributed by atoms with van der Waals surface area (Å²) in [4.78, 5) is 16.5. The molecule has 0 bridgehead atoms. The summed E-state index contributed by atoms with van der Waals surface area (Å²) in [6.45, 7) is 4.66. The Morgan fingerprint density at radius 2 is 2.17 bits per heavy atom. The normalized spacial score (nSPS) is 30.7. The minimum Gasteiger partial charge on any atom is -0.346 e. The van der Waals surface area contributed by atoms with Crippen LogP contribution in [0.25, 0.3) is 16.6 Å². The minimum atomic E-state index is 0.0938. The topological polar surface area (TPSA) is 77.7 Å². The van der Waals surface area contributed by atoms with E-state index in [-0.39, 0.29) is 5.41 Å². The van der Waals surface area contributed by atoms with Crippen LogP contribution in [0, 0.1) is 40.4 Å². The molecule has 0 amide bonds. The van der Waals surface area contributed by atoms with Gasteiger partial charge in [-0.1, -0.05) is 39.2 Å². The van der Waals surface area contributed by atoms with Gasteiger partial charge in [0.1, 0.15) is 12.0 Å². The molecule has 4 unspecified atom stereocenters. The van der Waals surface area contributed by atoms with Crippen molar-refractivity contribution in [2.45, 2.75) is 52.4 Å². The van der Waals surface area contributed by atoms with Crippen LogP contribution in [-0.2, 0) is 0 Å². The number of nitrogens with one attached hydrogen (secondary N) is 1. The first-order valence-corrected chi connectivity index (χ1v) is 11.0. The van der Waals surface area contributed by atoms with E-state index in [9.17, 15) is 5.26 Å². The van der Waals surface area contributed by atoms with Gasteiger partial charge in [-0.05, 0) is 48.0 Å². The molecule has 0 saturated heterocycles. The Morgan fingerprint density at radius 1 is 1.38 bits per heavy atom. The lowest BCUT2D eigenvalue weighted by atomic mass is 9.41. The number of rotatable bonds is 6. The summed E-state index contributed by atoms with van der Waals surface area (Å²) in [6, 6.07) is 4.61. The number of fused-ring (bicyclic) bond motifs is 1. The standard InChI is InChI=1S/C24H31N5/c1-4-20-16(2)21(24(20,10-11-25)18-7-5-6-8-18)13-17(14-26-3)22-19-9-12-27-23(19)29-15-28-22/h9,12-16,18,20-21H,4-8,10H2,1-3H3,(H,27,28,29). The molecule has 0 radical (unpaired) electrons. The first-order chi connectivity index (χ1) is 14.2. The van der Waals surface area contributed by atoms with Crippen molar-refractivity contribution in [1.29, 1.82) is 5.26 Å². The van der Waals surface area contributed by atoms with Crippen molar-refractivity contribution in [1.82, 2.24) is 15.0 Å². The van der Waals surface area contributed by atoms with Crippen LogP contribution in [0.2, 0.25) is 0 Å². The molecule has 4 atom stereocenters. The van der Waals surface area contributed by atoms with Gasteiger partial charge in [-0.15, -0.1) is 0 Å². The first-order valence-electron chi connectivity index (χ1n) is 11.0. The summed E-state index contributed by atoms with van der Waals surface area (Å²) in [5.41, 5.74) is 2.91. The second-order valence-electron chi connectivity index (χ2n) is 8.80. The Hall–Kier alpha value is -2.48. The Bertz CT molecular complexity index is 955. The van der Waals surface area contributed by atoms with Gasteiger partial charge in [0.15, 0.2) is 0 Å². The van der Waals surface area contributed by atoms with Crippen LogP contribution < -0.4 is 0 Å². The largest absolute Gasteiger partial charge is 0.346 e. The molecule has 2 fully saturated rings. The van der Waals surface area contributed by atoms with Gasteiger partial charge in [0, 0.05) is 36.8 Å². The lowest BCUT2D eigenvalue weighted by Crippen LogP contribution is -2.58. The molecule has 0 aromatic carbocycles. The summed E-state index contributed by atoms with van der Waals surface area (Å²) < 4.78 is 0. The zero-order valence-corrected chi connectivity index (χ0v) is 17.7. The fourth-order valence-electron chi connectivity index (χ4n) is 6.60. The van der Waals surface area contributed by atoms with Crippen molar-refractivity contribution < 1.29 is 0 Å². The van der Waals surface area contributed by atoms with Gasteiger partial charge in [0.2, 0.25) is 0 Å². The van der Waals surface area contributed by atoms with E-state index < -0.39 is 0 Å². The number of aromatic amines is 1. The zero-order chi connectivity index (χ0) is 20.4. The Kier molecular flexibility index (Phi) is 5.54. The zero-order valence-electron chi connectivity index (χ0n) is 17.7. The van der Waals surface area contributed by atoms with Gasteiger partial charge < -0.3 is 4.98 Å². The average Bonchev–Trinajstić information content (AvgIpc) is 3.42. The van der Waals surface area contributed by atoms with Crippen LogP contribution in [0.1, 0.15) is 58.1 Å². The third kappa shape index (κ3) is 3.10. The third-order valence-electron chi connectivity index (χ3n) is 7.71. The van der Waals surface area contributed by atoms with Crippen molar-refractivity contribution in [2.24, 2.45) is 34.1 Å². The highest BCUT2D eigenvalue weighted by atomic mass is 14.9. The molecular formula is C24H31N5. The molecule has 2 aromatic rings. The summed E-state index contributed by atoms with van der Waals surface area (Å²) in [5.74, 6) is 2.22. The maximum absolute atomic E-state index is 9.79. The maximum Gasteiger partial charge on any atom is 0.141 e. The highest BCUT2D eigenvalue weighted by molar-refractivity contribution is 6.13. The predicted octanol–water partition coefficient (Wildman–Crippen LogP) is 5.42. The lowest BCUT2D eigenvalue weighted by Gasteiger charge is -2.63. The number of hydrogen-bond acceptors (Lipinski definition) is 4. The van der Waals surface area contributed by atoms with Crippen molar-refractivity contribution in [2.75, 3.05) is 7.05 Å².